The van der Waals surface area contributed by atoms with Crippen molar-refractivity contribution < 1.29 is 4.79 Å². The molecule has 0 bridgehead atoms. The van der Waals surface area contributed by atoms with Gasteiger partial charge >= 0.3 is 0 Å². The molecule has 0 saturated heterocycles. The molecule has 3 nitrogen and oxygen atoms in total. The van der Waals surface area contributed by atoms with E-state index in [-0.39, 0.29) is 5.91 Å². The molecule has 0 radical (unpaired) electrons. The minimum atomic E-state index is 0.107. The highest BCUT2D eigenvalue weighted by atomic mass is 16.2. The van der Waals surface area contributed by atoms with E-state index in [0.717, 1.165) is 24.2 Å². The maximum atomic E-state index is 11.6. The van der Waals surface area contributed by atoms with Gasteiger partial charge < -0.3 is 0 Å². The summed E-state index contributed by atoms with van der Waals surface area (Å²) in [6.45, 7) is 2.76. The summed E-state index contributed by atoms with van der Waals surface area (Å²) in [5.74, 6) is 0.107. The predicted octanol–water partition coefficient (Wildman–Crippen LogP) is 2.03. The van der Waals surface area contributed by atoms with E-state index in [0.29, 0.717) is 6.42 Å². The van der Waals surface area contributed by atoms with Crippen molar-refractivity contribution in [2.24, 2.45) is 5.10 Å². The first-order chi connectivity index (χ1) is 7.31. The molecule has 15 heavy (non-hydrogen) atoms. The summed E-state index contributed by atoms with van der Waals surface area (Å²) in [4.78, 5) is 11.6. The van der Waals surface area contributed by atoms with E-state index in [1.807, 2.05) is 37.3 Å². The van der Waals surface area contributed by atoms with E-state index >= 15 is 0 Å². The van der Waals surface area contributed by atoms with Crippen molar-refractivity contribution in [3.8, 4) is 0 Å². The van der Waals surface area contributed by atoms with E-state index < -0.39 is 0 Å². The van der Waals surface area contributed by atoms with Crippen LogP contribution in [0.4, 0.5) is 0 Å². The smallest absolute Gasteiger partial charge is 0.248 e. The Morgan fingerprint density at radius 3 is 2.73 bits per heavy atom. The van der Waals surface area contributed by atoms with Crippen LogP contribution in [0.3, 0.4) is 0 Å². The summed E-state index contributed by atoms with van der Waals surface area (Å²) < 4.78 is 0. The van der Waals surface area contributed by atoms with Crippen LogP contribution in [0.5, 0.6) is 0 Å². The molecule has 1 heterocycles. The van der Waals surface area contributed by atoms with Crippen LogP contribution >= 0.6 is 0 Å². The molecule has 2 rings (SSSR count). The van der Waals surface area contributed by atoms with Crippen LogP contribution in [0, 0.1) is 0 Å². The van der Waals surface area contributed by atoms with Crippen molar-refractivity contribution in [2.45, 2.75) is 19.8 Å². The highest BCUT2D eigenvalue weighted by Gasteiger charge is 2.23. The molecule has 0 aliphatic carbocycles. The van der Waals surface area contributed by atoms with Gasteiger partial charge in [-0.1, -0.05) is 37.3 Å². The molecule has 0 spiro atoms. The molecule has 0 unspecified atom stereocenters. The quantitative estimate of drug-likeness (QED) is 0.738. The highest BCUT2D eigenvalue weighted by molar-refractivity contribution is 6.13. The molecule has 0 fully saturated rings. The van der Waals surface area contributed by atoms with Crippen LogP contribution in [0.2, 0.25) is 0 Å². The first kappa shape index (κ1) is 9.90. The van der Waals surface area contributed by atoms with Gasteiger partial charge in [0, 0.05) is 6.54 Å². The minimum absolute atomic E-state index is 0.107. The number of hydrogen-bond acceptors (Lipinski definition) is 2. The Morgan fingerprint density at radius 1 is 1.33 bits per heavy atom. The summed E-state index contributed by atoms with van der Waals surface area (Å²) in [6, 6.07) is 9.86. The number of hydrogen-bond donors (Lipinski definition) is 0. The van der Waals surface area contributed by atoms with E-state index in [4.69, 9.17) is 0 Å². The molecule has 0 aromatic heterocycles. The molecule has 0 saturated carbocycles. The lowest BCUT2D eigenvalue weighted by molar-refractivity contribution is -0.128. The van der Waals surface area contributed by atoms with Crippen molar-refractivity contribution in [1.29, 1.82) is 0 Å². The molecule has 1 aliphatic heterocycles. The van der Waals surface area contributed by atoms with E-state index in [1.165, 1.54) is 0 Å². The highest BCUT2D eigenvalue weighted by Crippen LogP contribution is 2.14. The molecule has 3 heteroatoms. The maximum Gasteiger partial charge on any atom is 0.248 e. The van der Waals surface area contributed by atoms with Gasteiger partial charge in [-0.3, -0.25) is 4.79 Å². The number of carbonyl (C=O) groups excluding carboxylic acids is 1. The van der Waals surface area contributed by atoms with Crippen molar-refractivity contribution >= 4 is 11.6 Å². The number of benzene rings is 1. The molecule has 1 aromatic carbocycles. The third-order valence-electron chi connectivity index (χ3n) is 2.39. The summed E-state index contributed by atoms with van der Waals surface area (Å²) in [7, 11) is 0. The Labute approximate surface area is 89.4 Å². The molecule has 0 N–H and O–H groups in total. The summed E-state index contributed by atoms with van der Waals surface area (Å²) in [5, 5.41) is 5.90. The largest absolute Gasteiger partial charge is 0.273 e. The Kier molecular flexibility index (Phi) is 2.81. The van der Waals surface area contributed by atoms with Crippen LogP contribution in [0.15, 0.2) is 35.4 Å². The topological polar surface area (TPSA) is 32.7 Å². The second-order valence-corrected chi connectivity index (χ2v) is 3.61. The Balaban J connectivity index is 2.19. The molecule has 1 aliphatic rings. The van der Waals surface area contributed by atoms with E-state index in [2.05, 4.69) is 5.10 Å². The SMILES string of the molecule is CCCN1N=C(c2ccccc2)CC1=O. The van der Waals surface area contributed by atoms with Crippen molar-refractivity contribution in [1.82, 2.24) is 5.01 Å². The average Bonchev–Trinajstić information content (AvgIpc) is 2.63. The Morgan fingerprint density at radius 2 is 2.07 bits per heavy atom. The zero-order valence-corrected chi connectivity index (χ0v) is 8.81. The Bertz CT molecular complexity index is 384. The zero-order chi connectivity index (χ0) is 10.7. The average molecular weight is 202 g/mol. The monoisotopic (exact) mass is 202 g/mol. The van der Waals surface area contributed by atoms with Gasteiger partial charge in [-0.2, -0.15) is 5.10 Å². The lowest BCUT2D eigenvalue weighted by atomic mass is 10.1. The van der Waals surface area contributed by atoms with Crippen LogP contribution in [-0.2, 0) is 4.79 Å². The molecule has 78 valence electrons. The summed E-state index contributed by atoms with van der Waals surface area (Å²) in [5.41, 5.74) is 1.93. The van der Waals surface area contributed by atoms with Gasteiger partial charge in [-0.05, 0) is 12.0 Å². The number of rotatable bonds is 3. The lowest BCUT2D eigenvalue weighted by Crippen LogP contribution is -2.21. The number of carbonyl (C=O) groups is 1. The van der Waals surface area contributed by atoms with Crippen molar-refractivity contribution in [3.63, 3.8) is 0 Å². The maximum absolute atomic E-state index is 11.6. The van der Waals surface area contributed by atoms with Crippen LogP contribution in [-0.4, -0.2) is 23.2 Å². The zero-order valence-electron chi connectivity index (χ0n) is 8.81. The van der Waals surface area contributed by atoms with Crippen LogP contribution in [0.1, 0.15) is 25.3 Å². The van der Waals surface area contributed by atoms with Crippen molar-refractivity contribution in [3.05, 3.63) is 35.9 Å². The number of nitrogens with zero attached hydrogens (tertiary/aromatic N) is 2. The molecule has 1 amide bonds. The fourth-order valence-electron chi connectivity index (χ4n) is 1.65. The van der Waals surface area contributed by atoms with Crippen LogP contribution in [0.25, 0.3) is 0 Å². The predicted molar refractivity (Wildman–Crippen MR) is 59.6 cm³/mol. The van der Waals surface area contributed by atoms with Crippen LogP contribution < -0.4 is 0 Å². The third kappa shape index (κ3) is 2.06. The first-order valence-electron chi connectivity index (χ1n) is 5.24. The molecule has 0 atom stereocenters. The second kappa shape index (κ2) is 4.26. The number of hydrazone groups is 1. The minimum Gasteiger partial charge on any atom is -0.273 e. The summed E-state index contributed by atoms with van der Waals surface area (Å²) >= 11 is 0. The normalized spacial score (nSPS) is 15.7. The third-order valence-corrected chi connectivity index (χ3v) is 2.39. The van der Waals surface area contributed by atoms with Gasteiger partial charge in [-0.25, -0.2) is 5.01 Å². The van der Waals surface area contributed by atoms with Crippen molar-refractivity contribution in [2.75, 3.05) is 6.54 Å². The van der Waals surface area contributed by atoms with Gasteiger partial charge in [0.05, 0.1) is 12.1 Å². The fourth-order valence-corrected chi connectivity index (χ4v) is 1.65. The van der Waals surface area contributed by atoms with Gasteiger partial charge in [0.2, 0.25) is 5.91 Å². The van der Waals surface area contributed by atoms with E-state index in [9.17, 15) is 4.79 Å². The fraction of sp³-hybridized carbons (Fsp3) is 0.333. The lowest BCUT2D eigenvalue weighted by Gasteiger charge is -2.08. The standard InChI is InChI=1S/C12H14N2O/c1-2-8-14-12(15)9-11(13-14)10-6-4-3-5-7-10/h3-7H,2,8-9H2,1H3. The molecular weight excluding hydrogens is 188 g/mol. The van der Waals surface area contributed by atoms with Gasteiger partial charge in [0.15, 0.2) is 0 Å². The van der Waals surface area contributed by atoms with Gasteiger partial charge in [0.1, 0.15) is 0 Å². The summed E-state index contributed by atoms with van der Waals surface area (Å²) in [6.07, 6.45) is 1.38. The first-order valence-corrected chi connectivity index (χ1v) is 5.24. The Hall–Kier alpha value is -1.64. The molecular formula is C12H14N2O. The van der Waals surface area contributed by atoms with Gasteiger partial charge in [-0.15, -0.1) is 0 Å². The molecule has 1 aromatic rings. The number of amides is 1. The second-order valence-electron chi connectivity index (χ2n) is 3.61. The van der Waals surface area contributed by atoms with E-state index in [1.54, 1.807) is 5.01 Å². The van der Waals surface area contributed by atoms with Gasteiger partial charge in [0.25, 0.3) is 0 Å².